The van der Waals surface area contributed by atoms with E-state index in [4.69, 9.17) is 5.11 Å². The van der Waals surface area contributed by atoms with E-state index in [1.54, 1.807) is 0 Å². The van der Waals surface area contributed by atoms with Gasteiger partial charge in [0, 0.05) is 36.6 Å². The number of halogens is 1. The van der Waals surface area contributed by atoms with Crippen LogP contribution in [-0.2, 0) is 0 Å². The topological polar surface area (TPSA) is 23.5 Å². The molecule has 0 aliphatic carbocycles. The molecule has 0 radical (unpaired) electrons. The van der Waals surface area contributed by atoms with Gasteiger partial charge in [-0.1, -0.05) is 22.5 Å². The van der Waals surface area contributed by atoms with Gasteiger partial charge in [-0.15, -0.1) is 0 Å². The second-order valence-corrected chi connectivity index (χ2v) is 3.88. The Morgan fingerprint density at radius 1 is 1.70 bits per heavy atom. The third kappa shape index (κ3) is 2.08. The van der Waals surface area contributed by atoms with Crippen molar-refractivity contribution in [2.75, 3.05) is 26.2 Å². The number of likely N-dealkylation sites (tertiary alicyclic amines) is 1. The monoisotopic (exact) mass is 205 g/mol. The normalized spacial score (nSPS) is 20.6. The Kier molecular flexibility index (Phi) is 2.89. The summed E-state index contributed by atoms with van der Waals surface area (Å²) in [6, 6.07) is 0. The van der Waals surface area contributed by atoms with Gasteiger partial charge in [0.2, 0.25) is 0 Å². The molecule has 1 fully saturated rings. The summed E-state index contributed by atoms with van der Waals surface area (Å²) >= 11 is 3.29. The van der Waals surface area contributed by atoms with Crippen molar-refractivity contribution >= 4 is 15.9 Å². The molecule has 2 nitrogen and oxygen atoms in total. The maximum Gasteiger partial charge on any atom is 0.0483 e. The Morgan fingerprint density at radius 2 is 2.30 bits per heavy atom. The molecule has 0 bridgehead atoms. The minimum absolute atomic E-state index is 0.325. The van der Waals surface area contributed by atoms with E-state index in [2.05, 4.69) is 27.4 Å². The predicted octanol–water partition coefficient (Wildman–Crippen LogP) is 0.819. The molecule has 0 aromatic rings. The van der Waals surface area contributed by atoms with Crippen molar-refractivity contribution in [3.05, 3.63) is 11.1 Å². The van der Waals surface area contributed by atoms with Crippen LogP contribution in [0.5, 0.6) is 0 Å². The lowest BCUT2D eigenvalue weighted by Crippen LogP contribution is -2.48. The Morgan fingerprint density at radius 3 is 2.70 bits per heavy atom. The van der Waals surface area contributed by atoms with Crippen LogP contribution in [0.3, 0.4) is 0 Å². The van der Waals surface area contributed by atoms with Crippen LogP contribution in [-0.4, -0.2) is 36.2 Å². The number of hydrogen-bond acceptors (Lipinski definition) is 2. The van der Waals surface area contributed by atoms with Gasteiger partial charge in [0.15, 0.2) is 0 Å². The first-order valence-electron chi connectivity index (χ1n) is 3.39. The van der Waals surface area contributed by atoms with E-state index >= 15 is 0 Å². The zero-order valence-electron chi connectivity index (χ0n) is 5.89. The van der Waals surface area contributed by atoms with Gasteiger partial charge in [-0.3, -0.25) is 4.90 Å². The Labute approximate surface area is 69.7 Å². The van der Waals surface area contributed by atoms with E-state index in [-0.39, 0.29) is 0 Å². The number of nitrogens with zero attached hydrogens (tertiary/aromatic N) is 1. The fourth-order valence-corrected chi connectivity index (χ4v) is 1.52. The Bertz CT molecular complexity index is 132. The molecule has 1 heterocycles. The Hall–Kier alpha value is 0.140. The van der Waals surface area contributed by atoms with E-state index in [1.165, 1.54) is 0 Å². The van der Waals surface area contributed by atoms with Crippen molar-refractivity contribution < 1.29 is 5.11 Å². The molecule has 0 atom stereocenters. The Balaban J connectivity index is 2.08. The summed E-state index contributed by atoms with van der Waals surface area (Å²) < 4.78 is 1.02. The molecular formula is C7H12BrNO. The zero-order chi connectivity index (χ0) is 7.56. The molecule has 3 heteroatoms. The third-order valence-corrected chi connectivity index (χ3v) is 1.94. The summed E-state index contributed by atoms with van der Waals surface area (Å²) in [5, 5.41) is 8.68. The summed E-state index contributed by atoms with van der Waals surface area (Å²) in [7, 11) is 0. The quantitative estimate of drug-likeness (QED) is 0.738. The van der Waals surface area contributed by atoms with E-state index in [0.717, 1.165) is 24.1 Å². The van der Waals surface area contributed by atoms with E-state index in [9.17, 15) is 0 Å². The summed E-state index contributed by atoms with van der Waals surface area (Å²) in [5.74, 6) is 0.506. The standard InChI is InChI=1S/C7H12BrNO/c1-6(8)2-9-3-7(4-9)5-10/h7,10H,1-5H2. The van der Waals surface area contributed by atoms with Gasteiger partial charge in [-0.2, -0.15) is 0 Å². The van der Waals surface area contributed by atoms with Crippen molar-refractivity contribution in [2.45, 2.75) is 0 Å². The molecule has 0 saturated carbocycles. The highest BCUT2D eigenvalue weighted by Gasteiger charge is 2.25. The molecule has 1 N–H and O–H groups in total. The third-order valence-electron chi connectivity index (χ3n) is 1.69. The number of rotatable bonds is 3. The van der Waals surface area contributed by atoms with Crippen molar-refractivity contribution in [3.8, 4) is 0 Å². The summed E-state index contributed by atoms with van der Waals surface area (Å²) in [5.41, 5.74) is 0. The fourth-order valence-electron chi connectivity index (χ4n) is 1.16. The SMILES string of the molecule is C=C(Br)CN1CC(CO)C1. The molecule has 1 aliphatic rings. The smallest absolute Gasteiger partial charge is 0.0483 e. The molecule has 0 aromatic carbocycles. The highest BCUT2D eigenvalue weighted by Crippen LogP contribution is 2.16. The van der Waals surface area contributed by atoms with Gasteiger partial charge >= 0.3 is 0 Å². The predicted molar refractivity (Wildman–Crippen MR) is 45.1 cm³/mol. The first-order valence-corrected chi connectivity index (χ1v) is 4.18. The van der Waals surface area contributed by atoms with Crippen molar-refractivity contribution in [1.29, 1.82) is 0 Å². The average molecular weight is 206 g/mol. The molecule has 0 unspecified atom stereocenters. The summed E-state index contributed by atoms with van der Waals surface area (Å²) in [4.78, 5) is 2.25. The molecule has 0 spiro atoms. The number of aliphatic hydroxyl groups excluding tert-OH is 1. The second-order valence-electron chi connectivity index (χ2n) is 2.76. The van der Waals surface area contributed by atoms with Crippen LogP contribution in [0.2, 0.25) is 0 Å². The lowest BCUT2D eigenvalue weighted by molar-refractivity contribution is 0.0634. The highest BCUT2D eigenvalue weighted by molar-refractivity contribution is 9.11. The molecule has 1 rings (SSSR count). The number of hydrogen-bond donors (Lipinski definition) is 1. The summed E-state index contributed by atoms with van der Waals surface area (Å²) in [6.45, 7) is 7.01. The largest absolute Gasteiger partial charge is 0.396 e. The van der Waals surface area contributed by atoms with E-state index < -0.39 is 0 Å². The highest BCUT2D eigenvalue weighted by atomic mass is 79.9. The first kappa shape index (κ1) is 8.24. The van der Waals surface area contributed by atoms with Gasteiger partial charge < -0.3 is 5.11 Å². The maximum absolute atomic E-state index is 8.68. The van der Waals surface area contributed by atoms with Crippen molar-refractivity contribution in [1.82, 2.24) is 4.90 Å². The van der Waals surface area contributed by atoms with Gasteiger partial charge in [0.1, 0.15) is 0 Å². The van der Waals surface area contributed by atoms with Crippen LogP contribution in [0.25, 0.3) is 0 Å². The van der Waals surface area contributed by atoms with Crippen molar-refractivity contribution in [3.63, 3.8) is 0 Å². The van der Waals surface area contributed by atoms with Crippen LogP contribution in [0.4, 0.5) is 0 Å². The van der Waals surface area contributed by atoms with Crippen LogP contribution in [0.1, 0.15) is 0 Å². The molecule has 0 aromatic heterocycles. The van der Waals surface area contributed by atoms with Gasteiger partial charge in [-0.05, 0) is 0 Å². The van der Waals surface area contributed by atoms with Gasteiger partial charge in [-0.25, -0.2) is 0 Å². The van der Waals surface area contributed by atoms with Crippen LogP contribution < -0.4 is 0 Å². The molecular weight excluding hydrogens is 194 g/mol. The maximum atomic E-state index is 8.68. The van der Waals surface area contributed by atoms with E-state index in [0.29, 0.717) is 12.5 Å². The van der Waals surface area contributed by atoms with E-state index in [1.807, 2.05) is 0 Å². The summed E-state index contributed by atoms with van der Waals surface area (Å²) in [6.07, 6.45) is 0. The van der Waals surface area contributed by atoms with Gasteiger partial charge in [0.05, 0.1) is 0 Å². The fraction of sp³-hybridized carbons (Fsp3) is 0.714. The number of aliphatic hydroxyl groups is 1. The average Bonchev–Trinajstić information content (AvgIpc) is 1.76. The minimum Gasteiger partial charge on any atom is -0.396 e. The zero-order valence-corrected chi connectivity index (χ0v) is 7.47. The minimum atomic E-state index is 0.325. The van der Waals surface area contributed by atoms with Crippen LogP contribution in [0.15, 0.2) is 11.1 Å². The second kappa shape index (κ2) is 3.51. The van der Waals surface area contributed by atoms with Gasteiger partial charge in [0.25, 0.3) is 0 Å². The first-order chi connectivity index (χ1) is 4.72. The molecule has 1 saturated heterocycles. The molecule has 0 amide bonds. The lowest BCUT2D eigenvalue weighted by atomic mass is 10.0. The molecule has 1 aliphatic heterocycles. The molecule has 10 heavy (non-hydrogen) atoms. The van der Waals surface area contributed by atoms with Crippen molar-refractivity contribution in [2.24, 2.45) is 5.92 Å². The van der Waals surface area contributed by atoms with Crippen LogP contribution >= 0.6 is 15.9 Å². The lowest BCUT2D eigenvalue weighted by Gasteiger charge is -2.37. The van der Waals surface area contributed by atoms with Crippen LogP contribution in [0, 0.1) is 5.92 Å². The molecule has 58 valence electrons.